The lowest BCUT2D eigenvalue weighted by molar-refractivity contribution is 0.0697. The first-order valence-electron chi connectivity index (χ1n) is 6.05. The van der Waals surface area contributed by atoms with E-state index in [4.69, 9.17) is 18.7 Å². The summed E-state index contributed by atoms with van der Waals surface area (Å²) in [5, 5.41) is 16.5. The lowest BCUT2D eigenvalue weighted by atomic mass is 10.2. The maximum absolute atomic E-state index is 10.7. The highest BCUT2D eigenvalue weighted by Gasteiger charge is 2.11. The average molecular weight is 286 g/mol. The molecule has 1 aromatic carbocycles. The van der Waals surface area contributed by atoms with E-state index >= 15 is 0 Å². The molecule has 2 aromatic heterocycles. The number of aromatic carboxylic acids is 1. The number of carboxylic acids is 1. The fourth-order valence-corrected chi connectivity index (χ4v) is 1.65. The van der Waals surface area contributed by atoms with Crippen molar-refractivity contribution in [3.05, 3.63) is 54.1 Å². The topological polar surface area (TPSA) is 98.6 Å². The predicted molar refractivity (Wildman–Crippen MR) is 69.7 cm³/mol. The molecule has 0 radical (unpaired) electrons. The van der Waals surface area contributed by atoms with Gasteiger partial charge in [-0.3, -0.25) is 0 Å². The Hall–Kier alpha value is -3.09. The number of ether oxygens (including phenoxy) is 1. The third-order valence-corrected chi connectivity index (χ3v) is 2.66. The molecule has 0 aliphatic carbocycles. The molecule has 0 amide bonds. The number of carboxylic acid groups (broad SMARTS) is 1. The van der Waals surface area contributed by atoms with Gasteiger partial charge in [0.1, 0.15) is 5.75 Å². The van der Waals surface area contributed by atoms with Crippen molar-refractivity contribution in [2.45, 2.75) is 6.61 Å². The van der Waals surface area contributed by atoms with Crippen LogP contribution in [-0.4, -0.2) is 21.3 Å². The molecule has 106 valence electrons. The Bertz CT molecular complexity index is 731. The van der Waals surface area contributed by atoms with Crippen LogP contribution in [0.4, 0.5) is 0 Å². The maximum atomic E-state index is 10.7. The Morgan fingerprint density at radius 1 is 1.19 bits per heavy atom. The van der Waals surface area contributed by atoms with Crippen molar-refractivity contribution >= 4 is 5.97 Å². The van der Waals surface area contributed by atoms with Crippen molar-refractivity contribution in [3.63, 3.8) is 0 Å². The SMILES string of the molecule is O=C(O)c1ccc(OCc2nnc(-c3ccco3)o2)cc1. The van der Waals surface area contributed by atoms with E-state index in [0.717, 1.165) is 0 Å². The van der Waals surface area contributed by atoms with Crippen LogP contribution in [0.1, 0.15) is 16.2 Å². The fourth-order valence-electron chi connectivity index (χ4n) is 1.65. The highest BCUT2D eigenvalue weighted by atomic mass is 16.5. The number of aromatic nitrogens is 2. The Balaban J connectivity index is 1.64. The molecule has 0 spiro atoms. The number of rotatable bonds is 5. The summed E-state index contributed by atoms with van der Waals surface area (Å²) in [5.41, 5.74) is 0.195. The van der Waals surface area contributed by atoms with E-state index < -0.39 is 5.97 Å². The third-order valence-electron chi connectivity index (χ3n) is 2.66. The predicted octanol–water partition coefficient (Wildman–Crippen LogP) is 2.61. The minimum Gasteiger partial charge on any atom is -0.484 e. The van der Waals surface area contributed by atoms with Crippen LogP contribution in [-0.2, 0) is 6.61 Å². The van der Waals surface area contributed by atoms with Gasteiger partial charge in [0, 0.05) is 0 Å². The van der Waals surface area contributed by atoms with Crippen molar-refractivity contribution in [1.82, 2.24) is 10.2 Å². The summed E-state index contributed by atoms with van der Waals surface area (Å²) >= 11 is 0. The Morgan fingerprint density at radius 2 is 2.00 bits per heavy atom. The van der Waals surface area contributed by atoms with Crippen molar-refractivity contribution in [2.24, 2.45) is 0 Å². The maximum Gasteiger partial charge on any atom is 0.335 e. The van der Waals surface area contributed by atoms with E-state index in [0.29, 0.717) is 17.4 Å². The number of nitrogens with zero attached hydrogens (tertiary/aromatic N) is 2. The molecule has 3 aromatic rings. The van der Waals surface area contributed by atoms with Gasteiger partial charge in [0.05, 0.1) is 11.8 Å². The largest absolute Gasteiger partial charge is 0.484 e. The lowest BCUT2D eigenvalue weighted by Crippen LogP contribution is -1.98. The van der Waals surface area contributed by atoms with Gasteiger partial charge in [-0.15, -0.1) is 10.2 Å². The van der Waals surface area contributed by atoms with Gasteiger partial charge in [0.2, 0.25) is 0 Å². The van der Waals surface area contributed by atoms with Crippen LogP contribution in [0.3, 0.4) is 0 Å². The van der Waals surface area contributed by atoms with Gasteiger partial charge in [-0.1, -0.05) is 0 Å². The van der Waals surface area contributed by atoms with E-state index in [-0.39, 0.29) is 18.1 Å². The van der Waals surface area contributed by atoms with Crippen LogP contribution in [0.5, 0.6) is 5.75 Å². The van der Waals surface area contributed by atoms with E-state index in [1.165, 1.54) is 18.4 Å². The second-order valence-corrected chi connectivity index (χ2v) is 4.10. The molecule has 0 unspecified atom stereocenters. The molecule has 0 aliphatic heterocycles. The first kappa shape index (κ1) is 12.9. The van der Waals surface area contributed by atoms with Gasteiger partial charge in [-0.2, -0.15) is 0 Å². The second-order valence-electron chi connectivity index (χ2n) is 4.10. The van der Waals surface area contributed by atoms with Gasteiger partial charge in [0.25, 0.3) is 11.8 Å². The van der Waals surface area contributed by atoms with Crippen molar-refractivity contribution in [1.29, 1.82) is 0 Å². The van der Waals surface area contributed by atoms with Crippen LogP contribution >= 0.6 is 0 Å². The highest BCUT2D eigenvalue weighted by Crippen LogP contribution is 2.19. The molecule has 0 fully saturated rings. The molecular formula is C14H10N2O5. The summed E-state index contributed by atoms with van der Waals surface area (Å²) in [7, 11) is 0. The van der Waals surface area contributed by atoms with Crippen molar-refractivity contribution in [2.75, 3.05) is 0 Å². The van der Waals surface area contributed by atoms with E-state index in [1.807, 2.05) is 0 Å². The summed E-state index contributed by atoms with van der Waals surface area (Å²) in [6, 6.07) is 9.47. The Labute approximate surface area is 118 Å². The quantitative estimate of drug-likeness (QED) is 0.769. The van der Waals surface area contributed by atoms with Crippen LogP contribution in [0, 0.1) is 0 Å². The first-order valence-corrected chi connectivity index (χ1v) is 6.05. The summed E-state index contributed by atoms with van der Waals surface area (Å²) in [6.45, 7) is 0.0835. The molecule has 7 heteroatoms. The molecule has 0 aliphatic rings. The zero-order valence-corrected chi connectivity index (χ0v) is 10.7. The summed E-state index contributed by atoms with van der Waals surface area (Å²) in [6.07, 6.45) is 1.51. The summed E-state index contributed by atoms with van der Waals surface area (Å²) < 4.78 is 16.0. The van der Waals surface area contributed by atoms with Gasteiger partial charge in [0.15, 0.2) is 12.4 Å². The molecule has 0 atom stereocenters. The molecule has 0 saturated heterocycles. The second kappa shape index (κ2) is 5.49. The third kappa shape index (κ3) is 2.92. The smallest absolute Gasteiger partial charge is 0.335 e. The van der Waals surface area contributed by atoms with Crippen molar-refractivity contribution < 1.29 is 23.5 Å². The minimum absolute atomic E-state index is 0.0835. The van der Waals surface area contributed by atoms with Crippen LogP contribution in [0.25, 0.3) is 11.7 Å². The fraction of sp³-hybridized carbons (Fsp3) is 0.0714. The van der Waals surface area contributed by atoms with Crippen molar-refractivity contribution in [3.8, 4) is 17.4 Å². The highest BCUT2D eigenvalue weighted by molar-refractivity contribution is 5.87. The molecule has 7 nitrogen and oxygen atoms in total. The van der Waals surface area contributed by atoms with Gasteiger partial charge >= 0.3 is 5.97 Å². The minimum atomic E-state index is -0.985. The first-order chi connectivity index (χ1) is 10.2. The van der Waals surface area contributed by atoms with Crippen LogP contribution in [0.15, 0.2) is 51.5 Å². The molecular weight excluding hydrogens is 276 g/mol. The number of hydrogen-bond acceptors (Lipinski definition) is 6. The average Bonchev–Trinajstić information content (AvgIpc) is 3.16. The monoisotopic (exact) mass is 286 g/mol. The molecule has 2 heterocycles. The molecule has 0 bridgehead atoms. The molecule has 1 N–H and O–H groups in total. The standard InChI is InChI=1S/C14H10N2O5/c17-14(18)9-3-5-10(6-4-9)20-8-12-15-16-13(21-12)11-2-1-7-19-11/h1-7H,8H2,(H,17,18). The zero-order valence-electron chi connectivity index (χ0n) is 10.7. The number of hydrogen-bond donors (Lipinski definition) is 1. The van der Waals surface area contributed by atoms with Crippen LogP contribution < -0.4 is 4.74 Å². The van der Waals surface area contributed by atoms with Gasteiger partial charge < -0.3 is 18.7 Å². The van der Waals surface area contributed by atoms with E-state index in [9.17, 15) is 4.79 Å². The Morgan fingerprint density at radius 3 is 2.67 bits per heavy atom. The van der Waals surface area contributed by atoms with E-state index in [1.54, 1.807) is 24.3 Å². The van der Waals surface area contributed by atoms with Crippen LogP contribution in [0.2, 0.25) is 0 Å². The van der Waals surface area contributed by atoms with E-state index in [2.05, 4.69) is 10.2 Å². The number of benzene rings is 1. The molecule has 21 heavy (non-hydrogen) atoms. The zero-order chi connectivity index (χ0) is 14.7. The Kier molecular flexibility index (Phi) is 3.38. The lowest BCUT2D eigenvalue weighted by Gasteiger charge is -2.03. The van der Waals surface area contributed by atoms with Gasteiger partial charge in [-0.25, -0.2) is 4.79 Å². The molecule has 0 saturated carbocycles. The number of carbonyl (C=O) groups is 1. The summed E-state index contributed by atoms with van der Waals surface area (Å²) in [4.78, 5) is 10.7. The normalized spacial score (nSPS) is 10.5. The van der Waals surface area contributed by atoms with Gasteiger partial charge in [-0.05, 0) is 36.4 Å². The number of furan rings is 1. The molecule has 3 rings (SSSR count). The summed E-state index contributed by atoms with van der Waals surface area (Å²) in [5.74, 6) is 0.586.